The smallest absolute Gasteiger partial charge is 0.311 e. The second-order valence-corrected chi connectivity index (χ2v) is 4.97. The molecule has 0 heterocycles. The highest BCUT2D eigenvalue weighted by atomic mass is 35.5. The van der Waals surface area contributed by atoms with E-state index in [-0.39, 0.29) is 17.3 Å². The van der Waals surface area contributed by atoms with Gasteiger partial charge >= 0.3 is 5.69 Å². The monoisotopic (exact) mass is 331 g/mol. The van der Waals surface area contributed by atoms with Crippen molar-refractivity contribution in [2.75, 3.05) is 0 Å². The molecule has 4 nitrogen and oxygen atoms in total. The van der Waals surface area contributed by atoms with Crippen LogP contribution in [0.2, 0.25) is 10.0 Å². The summed E-state index contributed by atoms with van der Waals surface area (Å²) in [6.07, 6.45) is 0. The zero-order valence-electron chi connectivity index (χ0n) is 9.98. The normalized spacial score (nSPS) is 10.3. The molecule has 7 heteroatoms. The SMILES string of the molecule is O=[N+]([O-])c1ccc(Cl)cc1Oc1ccc(CCl)c(Cl)c1. The van der Waals surface area contributed by atoms with Crippen LogP contribution < -0.4 is 4.74 Å². The first kappa shape index (κ1) is 14.9. The van der Waals surface area contributed by atoms with E-state index in [4.69, 9.17) is 39.5 Å². The van der Waals surface area contributed by atoms with Gasteiger partial charge in [-0.2, -0.15) is 0 Å². The maximum atomic E-state index is 10.9. The van der Waals surface area contributed by atoms with E-state index in [0.717, 1.165) is 5.56 Å². The average molecular weight is 333 g/mol. The molecular formula is C13H8Cl3NO3. The lowest BCUT2D eigenvalue weighted by atomic mass is 10.2. The maximum Gasteiger partial charge on any atom is 0.311 e. The summed E-state index contributed by atoms with van der Waals surface area (Å²) in [5.74, 6) is 0.697. The molecule has 2 aromatic carbocycles. The molecule has 0 saturated heterocycles. The minimum Gasteiger partial charge on any atom is -0.450 e. The first-order valence-electron chi connectivity index (χ1n) is 5.47. The van der Waals surface area contributed by atoms with Crippen LogP contribution in [0.25, 0.3) is 0 Å². The fourth-order valence-corrected chi connectivity index (χ4v) is 2.25. The number of nitro groups is 1. The molecule has 0 atom stereocenters. The summed E-state index contributed by atoms with van der Waals surface area (Å²) in [5, 5.41) is 11.7. The lowest BCUT2D eigenvalue weighted by Gasteiger charge is -2.08. The Kier molecular flexibility index (Phi) is 4.70. The van der Waals surface area contributed by atoms with Gasteiger partial charge in [0.05, 0.1) is 4.92 Å². The second kappa shape index (κ2) is 6.31. The highest BCUT2D eigenvalue weighted by Gasteiger charge is 2.16. The zero-order valence-corrected chi connectivity index (χ0v) is 12.2. The molecule has 0 bridgehead atoms. The van der Waals surface area contributed by atoms with Crippen molar-refractivity contribution in [1.29, 1.82) is 0 Å². The molecule has 0 spiro atoms. The lowest BCUT2D eigenvalue weighted by Crippen LogP contribution is -1.93. The summed E-state index contributed by atoms with van der Waals surface area (Å²) in [7, 11) is 0. The third-order valence-electron chi connectivity index (χ3n) is 2.51. The van der Waals surface area contributed by atoms with Gasteiger partial charge in [0.25, 0.3) is 0 Å². The van der Waals surface area contributed by atoms with Gasteiger partial charge in [0.15, 0.2) is 0 Å². The topological polar surface area (TPSA) is 52.4 Å². The standard InChI is InChI=1S/C13H8Cl3NO3/c14-7-8-1-3-10(6-11(8)16)20-13-5-9(15)2-4-12(13)17(18)19/h1-6H,7H2. The third kappa shape index (κ3) is 3.33. The van der Waals surface area contributed by atoms with Gasteiger partial charge in [-0.25, -0.2) is 0 Å². The molecule has 0 unspecified atom stereocenters. The molecule has 0 amide bonds. The Hall–Kier alpha value is -1.49. The average Bonchev–Trinajstić information content (AvgIpc) is 2.38. The summed E-state index contributed by atoms with van der Waals surface area (Å²) in [6.45, 7) is 0. The second-order valence-electron chi connectivity index (χ2n) is 3.86. The Morgan fingerprint density at radius 2 is 1.90 bits per heavy atom. The maximum absolute atomic E-state index is 10.9. The minimum absolute atomic E-state index is 0.0530. The molecular weight excluding hydrogens is 325 g/mol. The van der Waals surface area contributed by atoms with Crippen molar-refractivity contribution in [1.82, 2.24) is 0 Å². The van der Waals surface area contributed by atoms with Gasteiger partial charge in [-0.05, 0) is 23.8 Å². The molecule has 0 aliphatic rings. The molecule has 0 aliphatic heterocycles. The van der Waals surface area contributed by atoms with E-state index in [1.807, 2.05) is 0 Å². The van der Waals surface area contributed by atoms with Crippen molar-refractivity contribution in [3.63, 3.8) is 0 Å². The van der Waals surface area contributed by atoms with Crippen molar-refractivity contribution >= 4 is 40.5 Å². The highest BCUT2D eigenvalue weighted by molar-refractivity contribution is 6.32. The molecule has 104 valence electrons. The van der Waals surface area contributed by atoms with Crippen LogP contribution in [0.15, 0.2) is 36.4 Å². The first-order chi connectivity index (χ1) is 9.51. The third-order valence-corrected chi connectivity index (χ3v) is 3.39. The number of nitrogens with zero attached hydrogens (tertiary/aromatic N) is 1. The number of rotatable bonds is 4. The van der Waals surface area contributed by atoms with E-state index in [2.05, 4.69) is 0 Å². The van der Waals surface area contributed by atoms with Crippen molar-refractivity contribution in [3.8, 4) is 11.5 Å². The Morgan fingerprint density at radius 3 is 2.50 bits per heavy atom. The number of halogens is 3. The molecule has 0 aromatic heterocycles. The molecule has 0 N–H and O–H groups in total. The Balaban J connectivity index is 2.36. The van der Waals surface area contributed by atoms with Crippen LogP contribution in [-0.4, -0.2) is 4.92 Å². The predicted octanol–water partition coefficient (Wildman–Crippen LogP) is 5.43. The quantitative estimate of drug-likeness (QED) is 0.426. The number of hydrogen-bond donors (Lipinski definition) is 0. The molecule has 0 saturated carbocycles. The number of hydrogen-bond acceptors (Lipinski definition) is 3. The summed E-state index contributed by atoms with van der Waals surface area (Å²) in [6, 6.07) is 8.96. The first-order valence-corrected chi connectivity index (χ1v) is 6.76. The van der Waals surface area contributed by atoms with E-state index in [1.54, 1.807) is 18.2 Å². The molecule has 0 fully saturated rings. The predicted molar refractivity (Wildman–Crippen MR) is 79.2 cm³/mol. The van der Waals surface area contributed by atoms with Gasteiger partial charge < -0.3 is 4.74 Å². The largest absolute Gasteiger partial charge is 0.450 e. The van der Waals surface area contributed by atoms with Crippen molar-refractivity contribution in [2.24, 2.45) is 0 Å². The van der Waals surface area contributed by atoms with E-state index in [1.165, 1.54) is 18.2 Å². The number of alkyl halides is 1. The zero-order chi connectivity index (χ0) is 14.7. The lowest BCUT2D eigenvalue weighted by molar-refractivity contribution is -0.385. The summed E-state index contributed by atoms with van der Waals surface area (Å²) < 4.78 is 5.48. The van der Waals surface area contributed by atoms with Gasteiger partial charge in [-0.15, -0.1) is 11.6 Å². The molecule has 20 heavy (non-hydrogen) atoms. The summed E-state index contributed by atoms with van der Waals surface area (Å²) in [4.78, 5) is 10.4. The van der Waals surface area contributed by atoms with E-state index >= 15 is 0 Å². The summed E-state index contributed by atoms with van der Waals surface area (Å²) in [5.41, 5.74) is 0.577. The van der Waals surface area contributed by atoms with Crippen LogP contribution in [0.4, 0.5) is 5.69 Å². The molecule has 0 aliphatic carbocycles. The summed E-state index contributed by atoms with van der Waals surface area (Å²) >= 11 is 17.5. The van der Waals surface area contributed by atoms with E-state index in [9.17, 15) is 10.1 Å². The van der Waals surface area contributed by atoms with Gasteiger partial charge in [0.2, 0.25) is 5.75 Å². The number of nitro benzene ring substituents is 1. The Labute approximate surface area is 130 Å². The van der Waals surface area contributed by atoms with Gasteiger partial charge in [-0.3, -0.25) is 10.1 Å². The van der Waals surface area contributed by atoms with Crippen LogP contribution in [0.5, 0.6) is 11.5 Å². The Bertz CT molecular complexity index is 661. The van der Waals surface area contributed by atoms with Crippen LogP contribution in [-0.2, 0) is 5.88 Å². The van der Waals surface area contributed by atoms with Crippen LogP contribution >= 0.6 is 34.8 Å². The van der Waals surface area contributed by atoms with Gasteiger partial charge in [0.1, 0.15) is 5.75 Å². The van der Waals surface area contributed by atoms with E-state index in [0.29, 0.717) is 15.8 Å². The van der Waals surface area contributed by atoms with Crippen LogP contribution in [0, 0.1) is 10.1 Å². The number of benzene rings is 2. The fraction of sp³-hybridized carbons (Fsp3) is 0.0769. The van der Waals surface area contributed by atoms with E-state index < -0.39 is 4.92 Å². The van der Waals surface area contributed by atoms with Crippen molar-refractivity contribution in [2.45, 2.75) is 5.88 Å². The molecule has 0 radical (unpaired) electrons. The van der Waals surface area contributed by atoms with Crippen LogP contribution in [0.1, 0.15) is 5.56 Å². The molecule has 2 rings (SSSR count). The van der Waals surface area contributed by atoms with Crippen LogP contribution in [0.3, 0.4) is 0 Å². The van der Waals surface area contributed by atoms with Crippen molar-refractivity contribution in [3.05, 3.63) is 62.1 Å². The Morgan fingerprint density at radius 1 is 1.15 bits per heavy atom. The fourth-order valence-electron chi connectivity index (χ4n) is 1.55. The minimum atomic E-state index is -0.541. The van der Waals surface area contributed by atoms with Gasteiger partial charge in [0, 0.05) is 28.1 Å². The highest BCUT2D eigenvalue weighted by Crippen LogP contribution is 2.35. The number of ether oxygens (including phenoxy) is 1. The van der Waals surface area contributed by atoms with Crippen molar-refractivity contribution < 1.29 is 9.66 Å². The molecule has 2 aromatic rings. The van der Waals surface area contributed by atoms with Gasteiger partial charge in [-0.1, -0.05) is 29.3 Å².